The molecule has 3 heteroatoms. The van der Waals surface area contributed by atoms with E-state index in [1.165, 1.54) is 0 Å². The number of hydrogen-bond donors (Lipinski definition) is 1. The van der Waals surface area contributed by atoms with Crippen molar-refractivity contribution in [3.8, 4) is 0 Å². The lowest BCUT2D eigenvalue weighted by atomic mass is 9.95. The first-order valence-electron chi connectivity index (χ1n) is 6.30. The molecule has 0 radical (unpaired) electrons. The maximum absolute atomic E-state index is 11.9. The molecule has 2 rings (SSSR count). The van der Waals surface area contributed by atoms with Crippen molar-refractivity contribution in [3.63, 3.8) is 0 Å². The minimum absolute atomic E-state index is 0.0178. The molecule has 0 atom stereocenters. The Labute approximate surface area is 118 Å². The van der Waals surface area contributed by atoms with Crippen LogP contribution in [0.4, 0.5) is 5.69 Å². The molecule has 0 saturated carbocycles. The number of anilines is 1. The van der Waals surface area contributed by atoms with Gasteiger partial charge in [-0.15, -0.1) is 11.6 Å². The summed E-state index contributed by atoms with van der Waals surface area (Å²) >= 11 is 5.82. The van der Waals surface area contributed by atoms with Crippen LogP contribution in [0.25, 0.3) is 10.8 Å². The van der Waals surface area contributed by atoms with Crippen LogP contribution in [0.5, 0.6) is 0 Å². The molecule has 0 aromatic heterocycles. The van der Waals surface area contributed by atoms with Crippen LogP contribution < -0.4 is 5.32 Å². The van der Waals surface area contributed by atoms with Crippen molar-refractivity contribution in [2.24, 2.45) is 5.41 Å². The summed E-state index contributed by atoms with van der Waals surface area (Å²) in [6, 6.07) is 12.0. The minimum Gasteiger partial charge on any atom is -0.326 e. The molecule has 1 N–H and O–H groups in total. The monoisotopic (exact) mass is 275 g/mol. The topological polar surface area (TPSA) is 29.1 Å². The molecule has 0 fully saturated rings. The van der Waals surface area contributed by atoms with Crippen molar-refractivity contribution in [1.82, 2.24) is 0 Å². The van der Waals surface area contributed by atoms with Gasteiger partial charge in [-0.05, 0) is 34.5 Å². The second-order valence-corrected chi connectivity index (χ2v) is 6.00. The number of amides is 1. The number of nitrogens with one attached hydrogen (secondary N) is 1. The molecule has 0 aliphatic heterocycles. The van der Waals surface area contributed by atoms with Gasteiger partial charge < -0.3 is 5.32 Å². The predicted molar refractivity (Wildman–Crippen MR) is 81.6 cm³/mol. The number of carbonyl (C=O) groups excluding carboxylic acids is 1. The SMILES string of the molecule is CC(C)(C)C(=O)Nc1ccc2cc(CCl)ccc2c1. The van der Waals surface area contributed by atoms with Gasteiger partial charge in [0.1, 0.15) is 0 Å². The van der Waals surface area contributed by atoms with Crippen LogP contribution in [0.2, 0.25) is 0 Å². The first-order valence-corrected chi connectivity index (χ1v) is 6.84. The summed E-state index contributed by atoms with van der Waals surface area (Å²) in [4.78, 5) is 11.9. The maximum atomic E-state index is 11.9. The van der Waals surface area contributed by atoms with E-state index in [1.54, 1.807) is 0 Å². The fourth-order valence-corrected chi connectivity index (χ4v) is 1.94. The molecular formula is C16H18ClNO. The van der Waals surface area contributed by atoms with Crippen molar-refractivity contribution in [2.45, 2.75) is 26.7 Å². The Morgan fingerprint density at radius 2 is 1.74 bits per heavy atom. The predicted octanol–water partition coefficient (Wildman–Crippen LogP) is 4.56. The van der Waals surface area contributed by atoms with Crippen LogP contribution in [0.1, 0.15) is 26.3 Å². The van der Waals surface area contributed by atoms with E-state index in [-0.39, 0.29) is 5.91 Å². The van der Waals surface area contributed by atoms with Gasteiger partial charge >= 0.3 is 0 Å². The van der Waals surface area contributed by atoms with Crippen LogP contribution in [-0.2, 0) is 10.7 Å². The summed E-state index contributed by atoms with van der Waals surface area (Å²) in [5.41, 5.74) is 1.53. The van der Waals surface area contributed by atoms with Gasteiger partial charge in [0, 0.05) is 17.0 Å². The Bertz CT molecular complexity index is 614. The summed E-state index contributed by atoms with van der Waals surface area (Å²) in [5.74, 6) is 0.530. The first kappa shape index (κ1) is 13.9. The van der Waals surface area contributed by atoms with Gasteiger partial charge in [0.25, 0.3) is 0 Å². The highest BCUT2D eigenvalue weighted by Gasteiger charge is 2.21. The summed E-state index contributed by atoms with van der Waals surface area (Å²) in [6.45, 7) is 5.70. The van der Waals surface area contributed by atoms with Gasteiger partial charge in [-0.3, -0.25) is 4.79 Å². The third-order valence-corrected chi connectivity index (χ3v) is 3.31. The molecule has 2 nitrogen and oxygen atoms in total. The normalized spacial score (nSPS) is 11.6. The van der Waals surface area contributed by atoms with Crippen molar-refractivity contribution in [3.05, 3.63) is 42.0 Å². The van der Waals surface area contributed by atoms with Crippen molar-refractivity contribution in [1.29, 1.82) is 0 Å². The lowest BCUT2D eigenvalue weighted by molar-refractivity contribution is -0.123. The van der Waals surface area contributed by atoms with E-state index in [2.05, 4.69) is 11.4 Å². The highest BCUT2D eigenvalue weighted by atomic mass is 35.5. The van der Waals surface area contributed by atoms with Gasteiger partial charge in [0.15, 0.2) is 0 Å². The van der Waals surface area contributed by atoms with Gasteiger partial charge in [-0.2, -0.15) is 0 Å². The number of hydrogen-bond acceptors (Lipinski definition) is 1. The van der Waals surface area contributed by atoms with Crippen molar-refractivity contribution < 1.29 is 4.79 Å². The number of rotatable bonds is 2. The Kier molecular flexibility index (Phi) is 3.81. The first-order chi connectivity index (χ1) is 8.90. The molecule has 0 heterocycles. The second-order valence-electron chi connectivity index (χ2n) is 5.73. The summed E-state index contributed by atoms with van der Waals surface area (Å²) in [7, 11) is 0. The van der Waals surface area contributed by atoms with E-state index in [0.717, 1.165) is 22.0 Å². The van der Waals surface area contributed by atoms with E-state index in [4.69, 9.17) is 11.6 Å². The molecule has 2 aromatic carbocycles. The molecule has 0 spiro atoms. The van der Waals surface area contributed by atoms with Gasteiger partial charge in [0.05, 0.1) is 0 Å². The lowest BCUT2D eigenvalue weighted by Crippen LogP contribution is -2.27. The maximum Gasteiger partial charge on any atom is 0.229 e. The number of fused-ring (bicyclic) bond motifs is 1. The molecular weight excluding hydrogens is 258 g/mol. The molecule has 0 bridgehead atoms. The molecule has 2 aromatic rings. The van der Waals surface area contributed by atoms with Crippen LogP contribution in [0, 0.1) is 5.41 Å². The van der Waals surface area contributed by atoms with E-state index in [0.29, 0.717) is 5.88 Å². The summed E-state index contributed by atoms with van der Waals surface area (Å²) < 4.78 is 0. The van der Waals surface area contributed by atoms with E-state index < -0.39 is 5.41 Å². The van der Waals surface area contributed by atoms with Gasteiger partial charge in [0.2, 0.25) is 5.91 Å². The number of halogens is 1. The number of carbonyl (C=O) groups is 1. The van der Waals surface area contributed by atoms with Crippen LogP contribution in [0.3, 0.4) is 0 Å². The van der Waals surface area contributed by atoms with Gasteiger partial charge in [-0.25, -0.2) is 0 Å². The smallest absolute Gasteiger partial charge is 0.229 e. The molecule has 0 aliphatic rings. The van der Waals surface area contributed by atoms with Gasteiger partial charge in [-0.1, -0.05) is 39.0 Å². The summed E-state index contributed by atoms with van der Waals surface area (Å²) in [6.07, 6.45) is 0. The average molecular weight is 276 g/mol. The fourth-order valence-electron chi connectivity index (χ4n) is 1.77. The van der Waals surface area contributed by atoms with E-state index in [1.807, 2.05) is 51.1 Å². The van der Waals surface area contributed by atoms with E-state index in [9.17, 15) is 4.79 Å². The molecule has 1 amide bonds. The fraction of sp³-hybridized carbons (Fsp3) is 0.312. The second kappa shape index (κ2) is 5.22. The zero-order valence-electron chi connectivity index (χ0n) is 11.5. The zero-order valence-corrected chi connectivity index (χ0v) is 12.2. The lowest BCUT2D eigenvalue weighted by Gasteiger charge is -2.17. The third-order valence-electron chi connectivity index (χ3n) is 3.00. The van der Waals surface area contributed by atoms with Crippen molar-refractivity contribution >= 4 is 34.0 Å². The minimum atomic E-state index is -0.391. The third kappa shape index (κ3) is 3.27. The van der Waals surface area contributed by atoms with Crippen LogP contribution in [-0.4, -0.2) is 5.91 Å². The largest absolute Gasteiger partial charge is 0.326 e. The standard InChI is InChI=1S/C16H18ClNO/c1-16(2,3)15(19)18-14-7-6-12-8-11(10-17)4-5-13(12)9-14/h4-9H,10H2,1-3H3,(H,18,19). The van der Waals surface area contributed by atoms with Crippen LogP contribution >= 0.6 is 11.6 Å². The highest BCUT2D eigenvalue weighted by molar-refractivity contribution is 6.17. The molecule has 100 valence electrons. The Hall–Kier alpha value is -1.54. The average Bonchev–Trinajstić information content (AvgIpc) is 2.37. The highest BCUT2D eigenvalue weighted by Crippen LogP contribution is 2.23. The molecule has 0 aliphatic carbocycles. The quantitative estimate of drug-likeness (QED) is 0.800. The number of alkyl halides is 1. The zero-order chi connectivity index (χ0) is 14.0. The number of benzene rings is 2. The Morgan fingerprint density at radius 3 is 2.37 bits per heavy atom. The molecule has 0 saturated heterocycles. The molecule has 0 unspecified atom stereocenters. The Morgan fingerprint density at radius 1 is 1.11 bits per heavy atom. The van der Waals surface area contributed by atoms with Crippen molar-refractivity contribution in [2.75, 3.05) is 5.32 Å². The molecule has 19 heavy (non-hydrogen) atoms. The summed E-state index contributed by atoms with van der Waals surface area (Å²) in [5, 5.41) is 5.17. The van der Waals surface area contributed by atoms with E-state index >= 15 is 0 Å². The Balaban J connectivity index is 2.30. The van der Waals surface area contributed by atoms with Crippen LogP contribution in [0.15, 0.2) is 36.4 Å².